The van der Waals surface area contributed by atoms with E-state index < -0.39 is 23.6 Å². The molecule has 0 saturated carbocycles. The highest BCUT2D eigenvalue weighted by Crippen LogP contribution is 2.30. The van der Waals surface area contributed by atoms with Crippen molar-refractivity contribution in [1.29, 1.82) is 0 Å². The zero-order valence-corrected chi connectivity index (χ0v) is 12.6. The maximum absolute atomic E-state index is 12.9. The zero-order valence-electron chi connectivity index (χ0n) is 11.7. The summed E-state index contributed by atoms with van der Waals surface area (Å²) in [6, 6.07) is 0. The zero-order chi connectivity index (χ0) is 15.5. The molecule has 20 heavy (non-hydrogen) atoms. The normalized spacial score (nSPS) is 22.8. The van der Waals surface area contributed by atoms with E-state index in [-0.39, 0.29) is 5.91 Å². The number of amides is 1. The lowest BCUT2D eigenvalue weighted by molar-refractivity contribution is -0.162. The van der Waals surface area contributed by atoms with Gasteiger partial charge in [0, 0.05) is 19.5 Å². The minimum Gasteiger partial charge on any atom is -0.393 e. The number of nitrogens with zero attached hydrogens (tertiary/aromatic N) is 1. The number of rotatable bonds is 4. The number of hydrogen-bond acceptors (Lipinski definition) is 2. The Labute approximate surface area is 122 Å². The molecule has 0 spiro atoms. The van der Waals surface area contributed by atoms with Crippen LogP contribution < -0.4 is 5.73 Å². The van der Waals surface area contributed by atoms with Crippen molar-refractivity contribution in [3.8, 4) is 0 Å². The van der Waals surface area contributed by atoms with Crippen LogP contribution in [0.2, 0.25) is 0 Å². The highest BCUT2D eigenvalue weighted by atomic mass is 32.1. The average molecular weight is 310 g/mol. The van der Waals surface area contributed by atoms with Gasteiger partial charge in [0.15, 0.2) is 0 Å². The first kappa shape index (κ1) is 17.2. The fourth-order valence-electron chi connectivity index (χ4n) is 2.49. The van der Waals surface area contributed by atoms with E-state index >= 15 is 0 Å². The second-order valence-corrected chi connectivity index (χ2v) is 6.14. The summed E-state index contributed by atoms with van der Waals surface area (Å²) in [6.07, 6.45) is -2.75. The van der Waals surface area contributed by atoms with Crippen LogP contribution in [0.3, 0.4) is 0 Å². The van der Waals surface area contributed by atoms with Gasteiger partial charge in [-0.25, -0.2) is 0 Å². The number of hydrogen-bond donors (Lipinski definition) is 1. The van der Waals surface area contributed by atoms with Crippen molar-refractivity contribution in [2.45, 2.75) is 39.3 Å². The summed E-state index contributed by atoms with van der Waals surface area (Å²) >= 11 is 4.49. The number of thiocarbonyl (C=S) groups is 1. The molecule has 1 rings (SSSR count). The lowest BCUT2D eigenvalue weighted by atomic mass is 9.89. The van der Waals surface area contributed by atoms with Crippen LogP contribution in [0.1, 0.15) is 33.1 Å². The van der Waals surface area contributed by atoms with Crippen LogP contribution in [-0.4, -0.2) is 35.1 Å². The first-order valence-electron chi connectivity index (χ1n) is 6.76. The van der Waals surface area contributed by atoms with Crippen molar-refractivity contribution in [2.24, 2.45) is 23.5 Å². The fraction of sp³-hybridized carbons (Fsp3) is 0.846. The standard InChI is InChI=1S/C13H21F3N2OS/c1-8(2)9-3-4-11(19)18(6-5-9)7-10(12(17)20)13(14,15)16/h8-10H,3-7H2,1-2H3,(H2,17,20). The Kier molecular flexibility index (Phi) is 5.79. The highest BCUT2D eigenvalue weighted by Gasteiger charge is 2.43. The molecule has 0 radical (unpaired) electrons. The first-order chi connectivity index (χ1) is 9.12. The number of carbonyl (C=O) groups excluding carboxylic acids is 1. The van der Waals surface area contributed by atoms with Gasteiger partial charge in [-0.1, -0.05) is 26.1 Å². The smallest absolute Gasteiger partial charge is 0.393 e. The molecular weight excluding hydrogens is 289 g/mol. The Balaban J connectivity index is 2.75. The molecule has 0 aliphatic carbocycles. The molecule has 1 fully saturated rings. The molecule has 2 N–H and O–H groups in total. The summed E-state index contributed by atoms with van der Waals surface area (Å²) in [5.74, 6) is -1.36. The van der Waals surface area contributed by atoms with Gasteiger partial charge in [-0.15, -0.1) is 0 Å². The van der Waals surface area contributed by atoms with E-state index in [2.05, 4.69) is 26.1 Å². The number of carbonyl (C=O) groups is 1. The van der Waals surface area contributed by atoms with E-state index in [1.165, 1.54) is 4.90 Å². The van der Waals surface area contributed by atoms with Gasteiger partial charge < -0.3 is 10.6 Å². The van der Waals surface area contributed by atoms with Crippen molar-refractivity contribution in [3.63, 3.8) is 0 Å². The molecule has 7 heteroatoms. The van der Waals surface area contributed by atoms with E-state index in [1.807, 2.05) is 0 Å². The maximum Gasteiger partial charge on any atom is 0.399 e. The van der Waals surface area contributed by atoms with E-state index in [0.717, 1.165) is 12.8 Å². The monoisotopic (exact) mass is 310 g/mol. The summed E-state index contributed by atoms with van der Waals surface area (Å²) in [7, 11) is 0. The van der Waals surface area contributed by atoms with Gasteiger partial charge in [-0.2, -0.15) is 13.2 Å². The summed E-state index contributed by atoms with van der Waals surface area (Å²) in [5.41, 5.74) is 5.17. The Morgan fingerprint density at radius 1 is 1.45 bits per heavy atom. The topological polar surface area (TPSA) is 46.3 Å². The minimum absolute atomic E-state index is 0.237. The third kappa shape index (κ3) is 4.61. The number of nitrogens with two attached hydrogens (primary N) is 1. The maximum atomic E-state index is 12.9. The van der Waals surface area contributed by atoms with Crippen molar-refractivity contribution >= 4 is 23.1 Å². The molecule has 0 aromatic heterocycles. The Bertz CT molecular complexity index is 371. The third-order valence-electron chi connectivity index (χ3n) is 3.94. The number of halogens is 3. The molecule has 2 unspecified atom stereocenters. The van der Waals surface area contributed by atoms with Gasteiger partial charge in [0.1, 0.15) is 5.92 Å². The summed E-state index contributed by atoms with van der Waals surface area (Å²) < 4.78 is 38.6. The lowest BCUT2D eigenvalue weighted by Gasteiger charge is -2.27. The molecule has 0 aromatic carbocycles. The van der Waals surface area contributed by atoms with Crippen molar-refractivity contribution in [2.75, 3.05) is 13.1 Å². The molecule has 2 atom stereocenters. The molecule has 0 bridgehead atoms. The largest absolute Gasteiger partial charge is 0.399 e. The predicted octanol–water partition coefficient (Wildman–Crippen LogP) is 2.74. The van der Waals surface area contributed by atoms with Gasteiger partial charge in [0.05, 0.1) is 4.99 Å². The second kappa shape index (κ2) is 6.74. The predicted molar refractivity (Wildman–Crippen MR) is 75.1 cm³/mol. The van der Waals surface area contributed by atoms with Gasteiger partial charge in [-0.3, -0.25) is 4.79 Å². The third-order valence-corrected chi connectivity index (χ3v) is 4.22. The molecular formula is C13H21F3N2OS. The molecule has 1 aliphatic rings. The van der Waals surface area contributed by atoms with Crippen molar-refractivity contribution < 1.29 is 18.0 Å². The fourth-order valence-corrected chi connectivity index (χ4v) is 2.70. The van der Waals surface area contributed by atoms with Crippen molar-refractivity contribution in [1.82, 2.24) is 4.90 Å². The van der Waals surface area contributed by atoms with Crippen LogP contribution in [0.15, 0.2) is 0 Å². The molecule has 3 nitrogen and oxygen atoms in total. The van der Waals surface area contributed by atoms with E-state index in [0.29, 0.717) is 24.8 Å². The van der Waals surface area contributed by atoms with E-state index in [9.17, 15) is 18.0 Å². The van der Waals surface area contributed by atoms with Crippen LogP contribution >= 0.6 is 12.2 Å². The van der Waals surface area contributed by atoms with Crippen LogP contribution in [0.4, 0.5) is 13.2 Å². The van der Waals surface area contributed by atoms with Crippen LogP contribution in [0.25, 0.3) is 0 Å². The first-order valence-corrected chi connectivity index (χ1v) is 7.17. The molecule has 0 aromatic rings. The van der Waals surface area contributed by atoms with Crippen LogP contribution in [0.5, 0.6) is 0 Å². The van der Waals surface area contributed by atoms with E-state index in [4.69, 9.17) is 5.73 Å². The SMILES string of the molecule is CC(C)C1CCC(=O)N(CC(C(N)=S)C(F)(F)F)CC1. The second-order valence-electron chi connectivity index (χ2n) is 5.67. The van der Waals surface area contributed by atoms with Gasteiger partial charge in [0.25, 0.3) is 0 Å². The molecule has 116 valence electrons. The quantitative estimate of drug-likeness (QED) is 0.812. The molecule has 1 amide bonds. The average Bonchev–Trinajstić information content (AvgIpc) is 2.46. The van der Waals surface area contributed by atoms with Crippen LogP contribution in [-0.2, 0) is 4.79 Å². The van der Waals surface area contributed by atoms with E-state index in [1.54, 1.807) is 0 Å². The van der Waals surface area contributed by atoms with Gasteiger partial charge >= 0.3 is 6.18 Å². The molecule has 1 heterocycles. The minimum atomic E-state index is -4.50. The number of alkyl halides is 3. The lowest BCUT2D eigenvalue weighted by Crippen LogP contribution is -2.45. The van der Waals surface area contributed by atoms with Crippen molar-refractivity contribution in [3.05, 3.63) is 0 Å². The van der Waals surface area contributed by atoms with Crippen LogP contribution in [0, 0.1) is 17.8 Å². The van der Waals surface area contributed by atoms with Gasteiger partial charge in [-0.05, 0) is 24.7 Å². The Hall–Kier alpha value is -0.850. The summed E-state index contributed by atoms with van der Waals surface area (Å²) in [5, 5.41) is 0. The number of likely N-dealkylation sites (tertiary alicyclic amines) is 1. The Morgan fingerprint density at radius 3 is 2.50 bits per heavy atom. The summed E-state index contributed by atoms with van der Waals surface area (Å²) in [6.45, 7) is 4.02. The molecule has 1 aliphatic heterocycles. The summed E-state index contributed by atoms with van der Waals surface area (Å²) in [4.78, 5) is 12.6. The Morgan fingerprint density at radius 2 is 2.05 bits per heavy atom. The van der Waals surface area contributed by atoms with Gasteiger partial charge in [0.2, 0.25) is 5.91 Å². The molecule has 1 saturated heterocycles. The highest BCUT2D eigenvalue weighted by molar-refractivity contribution is 7.80.